The SMILES string of the molecule is Cc1cnc(-n2cccc2)o1. The van der Waals surface area contributed by atoms with Crippen LogP contribution in [0, 0.1) is 6.92 Å². The second-order valence-corrected chi connectivity index (χ2v) is 2.34. The van der Waals surface area contributed by atoms with Gasteiger partial charge in [0.2, 0.25) is 0 Å². The summed E-state index contributed by atoms with van der Waals surface area (Å²) in [6, 6.07) is 4.48. The van der Waals surface area contributed by atoms with Crippen molar-refractivity contribution >= 4 is 0 Å². The maximum atomic E-state index is 5.28. The molecule has 0 saturated heterocycles. The molecule has 0 fully saturated rings. The highest BCUT2D eigenvalue weighted by Crippen LogP contribution is 2.07. The van der Waals surface area contributed by atoms with Crippen molar-refractivity contribution in [3.63, 3.8) is 0 Å². The van der Waals surface area contributed by atoms with Gasteiger partial charge in [0.15, 0.2) is 0 Å². The second-order valence-electron chi connectivity index (χ2n) is 2.34. The lowest BCUT2D eigenvalue weighted by Gasteiger charge is -1.91. The van der Waals surface area contributed by atoms with Gasteiger partial charge in [-0.2, -0.15) is 0 Å². The molecule has 0 saturated carbocycles. The average Bonchev–Trinajstić information content (AvgIpc) is 2.55. The summed E-state index contributed by atoms with van der Waals surface area (Å²) >= 11 is 0. The van der Waals surface area contributed by atoms with Crippen LogP contribution >= 0.6 is 0 Å². The molecular weight excluding hydrogens is 140 g/mol. The van der Waals surface area contributed by atoms with E-state index >= 15 is 0 Å². The summed E-state index contributed by atoms with van der Waals surface area (Å²) in [5.74, 6) is 0.828. The zero-order chi connectivity index (χ0) is 7.68. The third-order valence-electron chi connectivity index (χ3n) is 1.43. The van der Waals surface area contributed by atoms with E-state index in [1.54, 1.807) is 6.20 Å². The van der Waals surface area contributed by atoms with Crippen LogP contribution in [-0.4, -0.2) is 9.55 Å². The Morgan fingerprint density at radius 3 is 2.64 bits per heavy atom. The third-order valence-corrected chi connectivity index (χ3v) is 1.43. The lowest BCUT2D eigenvalue weighted by atomic mass is 10.6. The van der Waals surface area contributed by atoms with E-state index in [0.717, 1.165) is 5.76 Å². The molecule has 3 nitrogen and oxygen atoms in total. The molecule has 0 N–H and O–H groups in total. The fourth-order valence-corrected chi connectivity index (χ4v) is 0.924. The van der Waals surface area contributed by atoms with Gasteiger partial charge in [-0.15, -0.1) is 0 Å². The molecule has 2 aromatic heterocycles. The smallest absolute Gasteiger partial charge is 0.305 e. The Kier molecular flexibility index (Phi) is 1.28. The van der Waals surface area contributed by atoms with Gasteiger partial charge >= 0.3 is 6.01 Å². The molecule has 2 aromatic rings. The first-order chi connectivity index (χ1) is 5.36. The van der Waals surface area contributed by atoms with E-state index in [1.165, 1.54) is 0 Å². The number of aryl methyl sites for hydroxylation is 1. The Morgan fingerprint density at radius 2 is 2.09 bits per heavy atom. The van der Waals surface area contributed by atoms with Gasteiger partial charge in [0.1, 0.15) is 5.76 Å². The van der Waals surface area contributed by atoms with Gasteiger partial charge < -0.3 is 4.42 Å². The van der Waals surface area contributed by atoms with Gasteiger partial charge in [-0.25, -0.2) is 4.98 Å². The summed E-state index contributed by atoms with van der Waals surface area (Å²) in [6.45, 7) is 1.88. The van der Waals surface area contributed by atoms with Gasteiger partial charge in [-0.3, -0.25) is 4.57 Å². The second kappa shape index (κ2) is 2.27. The minimum Gasteiger partial charge on any atom is -0.428 e. The fraction of sp³-hybridized carbons (Fsp3) is 0.125. The quantitative estimate of drug-likeness (QED) is 0.617. The Labute approximate surface area is 64.3 Å². The van der Waals surface area contributed by atoms with Crippen LogP contribution in [-0.2, 0) is 0 Å². The van der Waals surface area contributed by atoms with E-state index in [2.05, 4.69) is 4.98 Å². The largest absolute Gasteiger partial charge is 0.428 e. The van der Waals surface area contributed by atoms with Gasteiger partial charge in [0.05, 0.1) is 6.20 Å². The zero-order valence-electron chi connectivity index (χ0n) is 6.19. The van der Waals surface area contributed by atoms with Crippen molar-refractivity contribution in [3.8, 4) is 6.01 Å². The fourth-order valence-electron chi connectivity index (χ4n) is 0.924. The van der Waals surface area contributed by atoms with Crippen LogP contribution in [0.4, 0.5) is 0 Å². The van der Waals surface area contributed by atoms with Gasteiger partial charge in [0.25, 0.3) is 0 Å². The molecule has 56 valence electrons. The first-order valence-electron chi connectivity index (χ1n) is 3.42. The molecular formula is C8H8N2O. The lowest BCUT2D eigenvalue weighted by Crippen LogP contribution is -1.87. The highest BCUT2D eigenvalue weighted by Gasteiger charge is 1.99. The van der Waals surface area contributed by atoms with Crippen LogP contribution in [0.5, 0.6) is 0 Å². The van der Waals surface area contributed by atoms with Crippen LogP contribution in [0.25, 0.3) is 6.01 Å². The third kappa shape index (κ3) is 1.05. The highest BCUT2D eigenvalue weighted by molar-refractivity contribution is 5.10. The molecule has 0 aromatic carbocycles. The molecule has 0 aliphatic carbocycles. The molecule has 0 aliphatic heterocycles. The summed E-state index contributed by atoms with van der Waals surface area (Å²) < 4.78 is 7.11. The van der Waals surface area contributed by atoms with Crippen molar-refractivity contribution in [3.05, 3.63) is 36.5 Å². The maximum Gasteiger partial charge on any atom is 0.305 e. The molecule has 0 radical (unpaired) electrons. The van der Waals surface area contributed by atoms with Crippen molar-refractivity contribution in [2.75, 3.05) is 0 Å². The average molecular weight is 148 g/mol. The molecule has 0 amide bonds. The summed E-state index contributed by atoms with van der Waals surface area (Å²) in [6.07, 6.45) is 5.49. The van der Waals surface area contributed by atoms with Gasteiger partial charge in [-0.1, -0.05) is 0 Å². The Hall–Kier alpha value is -1.51. The number of nitrogens with zero attached hydrogens (tertiary/aromatic N) is 2. The minimum absolute atomic E-state index is 0.618. The standard InChI is InChI=1S/C8H8N2O/c1-7-6-9-8(11-7)10-4-2-3-5-10/h2-6H,1H3. The Bertz CT molecular complexity index is 335. The summed E-state index contributed by atoms with van der Waals surface area (Å²) in [5, 5.41) is 0. The van der Waals surface area contributed by atoms with E-state index in [0.29, 0.717) is 6.01 Å². The molecule has 0 unspecified atom stereocenters. The minimum atomic E-state index is 0.618. The van der Waals surface area contributed by atoms with Crippen molar-refractivity contribution < 1.29 is 4.42 Å². The van der Waals surface area contributed by atoms with E-state index in [1.807, 2.05) is 36.0 Å². The van der Waals surface area contributed by atoms with Crippen molar-refractivity contribution in [1.29, 1.82) is 0 Å². The van der Waals surface area contributed by atoms with E-state index < -0.39 is 0 Å². The highest BCUT2D eigenvalue weighted by atomic mass is 16.4. The number of oxazole rings is 1. The van der Waals surface area contributed by atoms with Crippen molar-refractivity contribution in [2.45, 2.75) is 6.92 Å². The zero-order valence-corrected chi connectivity index (χ0v) is 6.19. The van der Waals surface area contributed by atoms with E-state index in [-0.39, 0.29) is 0 Å². The van der Waals surface area contributed by atoms with Crippen molar-refractivity contribution in [1.82, 2.24) is 9.55 Å². The number of hydrogen-bond donors (Lipinski definition) is 0. The van der Waals surface area contributed by atoms with E-state index in [4.69, 9.17) is 4.42 Å². The van der Waals surface area contributed by atoms with Crippen LogP contribution in [0.1, 0.15) is 5.76 Å². The summed E-state index contributed by atoms with van der Waals surface area (Å²) in [4.78, 5) is 4.05. The first kappa shape index (κ1) is 6.22. The maximum absolute atomic E-state index is 5.28. The number of hydrogen-bond acceptors (Lipinski definition) is 2. The molecule has 0 bridgehead atoms. The topological polar surface area (TPSA) is 31.0 Å². The number of rotatable bonds is 1. The Balaban J connectivity index is 2.45. The van der Waals surface area contributed by atoms with Crippen LogP contribution in [0.3, 0.4) is 0 Å². The first-order valence-corrected chi connectivity index (χ1v) is 3.42. The normalized spacial score (nSPS) is 10.3. The molecule has 0 aliphatic rings. The molecule has 2 rings (SSSR count). The van der Waals surface area contributed by atoms with Crippen molar-refractivity contribution in [2.24, 2.45) is 0 Å². The molecule has 3 heteroatoms. The predicted molar refractivity (Wildman–Crippen MR) is 40.6 cm³/mol. The molecule has 2 heterocycles. The Morgan fingerprint density at radius 1 is 1.36 bits per heavy atom. The van der Waals surface area contributed by atoms with Crippen LogP contribution < -0.4 is 0 Å². The van der Waals surface area contributed by atoms with Gasteiger partial charge in [-0.05, 0) is 19.1 Å². The lowest BCUT2D eigenvalue weighted by molar-refractivity contribution is 0.501. The molecule has 0 atom stereocenters. The van der Waals surface area contributed by atoms with Gasteiger partial charge in [0, 0.05) is 12.4 Å². The van der Waals surface area contributed by atoms with E-state index in [9.17, 15) is 0 Å². The van der Waals surface area contributed by atoms with Crippen LogP contribution in [0.2, 0.25) is 0 Å². The predicted octanol–water partition coefficient (Wildman–Crippen LogP) is 1.77. The summed E-state index contributed by atoms with van der Waals surface area (Å²) in [5.41, 5.74) is 0. The monoisotopic (exact) mass is 148 g/mol. The number of aromatic nitrogens is 2. The summed E-state index contributed by atoms with van der Waals surface area (Å²) in [7, 11) is 0. The molecule has 0 spiro atoms. The molecule has 11 heavy (non-hydrogen) atoms. The van der Waals surface area contributed by atoms with Crippen LogP contribution in [0.15, 0.2) is 35.1 Å².